The van der Waals surface area contributed by atoms with Crippen LogP contribution < -0.4 is 4.74 Å². The van der Waals surface area contributed by atoms with Crippen molar-refractivity contribution in [3.8, 4) is 5.75 Å². The number of hydrogen-bond donors (Lipinski definition) is 0. The quantitative estimate of drug-likeness (QED) is 0.832. The molecule has 1 aliphatic carbocycles. The maximum atomic E-state index is 13.3. The minimum Gasteiger partial charge on any atom is -0.497 e. The molecule has 2 aromatic carbocycles. The lowest BCUT2D eigenvalue weighted by Crippen LogP contribution is -2.46. The van der Waals surface area contributed by atoms with Crippen molar-refractivity contribution in [1.82, 2.24) is 4.31 Å². The minimum atomic E-state index is -3.73. The van der Waals surface area contributed by atoms with Crippen molar-refractivity contribution in [2.24, 2.45) is 0 Å². The highest BCUT2D eigenvalue weighted by Crippen LogP contribution is 2.49. The number of methoxy groups -OCH3 is 1. The molecule has 2 aromatic rings. The summed E-state index contributed by atoms with van der Waals surface area (Å²) < 4.78 is 33.2. The van der Waals surface area contributed by atoms with Gasteiger partial charge in [-0.3, -0.25) is 4.79 Å². The van der Waals surface area contributed by atoms with Crippen molar-refractivity contribution >= 4 is 15.8 Å². The SMILES string of the molecule is COc1ccc2c(c1)CCN(S(=O)(=O)c1ccc(C)cc1)C1(CC1)C2=O. The van der Waals surface area contributed by atoms with Crippen LogP contribution in [0.2, 0.25) is 0 Å². The van der Waals surface area contributed by atoms with Crippen LogP contribution in [0.4, 0.5) is 0 Å². The van der Waals surface area contributed by atoms with Gasteiger partial charge in [-0.1, -0.05) is 17.7 Å². The molecule has 0 radical (unpaired) electrons. The van der Waals surface area contributed by atoms with Crippen LogP contribution in [0.3, 0.4) is 0 Å². The number of Topliss-reactive ketones (excluding diaryl/α,β-unsaturated/α-hetero) is 1. The van der Waals surface area contributed by atoms with Gasteiger partial charge in [-0.05, 0) is 62.1 Å². The zero-order valence-electron chi connectivity index (χ0n) is 14.9. The second-order valence-corrected chi connectivity index (χ2v) is 8.89. The summed E-state index contributed by atoms with van der Waals surface area (Å²) in [7, 11) is -2.15. The first kappa shape index (κ1) is 17.2. The monoisotopic (exact) mass is 371 g/mol. The van der Waals surface area contributed by atoms with Crippen LogP contribution in [0.5, 0.6) is 5.75 Å². The lowest BCUT2D eigenvalue weighted by Gasteiger charge is -2.28. The molecular formula is C20H21NO4S. The third-order valence-corrected chi connectivity index (χ3v) is 7.35. The Morgan fingerprint density at radius 1 is 1.08 bits per heavy atom. The molecule has 0 amide bonds. The van der Waals surface area contributed by atoms with E-state index in [1.807, 2.05) is 13.0 Å². The third kappa shape index (κ3) is 2.56. The lowest BCUT2D eigenvalue weighted by atomic mass is 9.98. The van der Waals surface area contributed by atoms with Gasteiger partial charge < -0.3 is 4.74 Å². The fourth-order valence-electron chi connectivity index (χ4n) is 3.71. The molecule has 0 atom stereocenters. The largest absolute Gasteiger partial charge is 0.497 e. The van der Waals surface area contributed by atoms with E-state index >= 15 is 0 Å². The highest BCUT2D eigenvalue weighted by Gasteiger charge is 2.59. The van der Waals surface area contributed by atoms with Gasteiger partial charge in [0.1, 0.15) is 5.75 Å². The Morgan fingerprint density at radius 2 is 1.77 bits per heavy atom. The van der Waals surface area contributed by atoms with Crippen LogP contribution in [-0.2, 0) is 16.4 Å². The zero-order chi connectivity index (χ0) is 18.5. The molecule has 6 heteroatoms. The molecule has 4 rings (SSSR count). The Bertz CT molecular complexity index is 975. The Kier molecular flexibility index (Phi) is 3.93. The first-order chi connectivity index (χ1) is 12.4. The predicted octanol–water partition coefficient (Wildman–Crippen LogP) is 2.97. The number of nitrogens with zero attached hydrogens (tertiary/aromatic N) is 1. The van der Waals surface area contributed by atoms with Crippen molar-refractivity contribution < 1.29 is 17.9 Å². The van der Waals surface area contributed by atoms with Gasteiger partial charge in [-0.15, -0.1) is 0 Å². The van der Waals surface area contributed by atoms with E-state index in [9.17, 15) is 13.2 Å². The summed E-state index contributed by atoms with van der Waals surface area (Å²) in [6, 6.07) is 12.2. The van der Waals surface area contributed by atoms with E-state index in [1.165, 1.54) is 4.31 Å². The predicted molar refractivity (Wildman–Crippen MR) is 98.1 cm³/mol. The molecule has 1 heterocycles. The molecule has 1 aliphatic heterocycles. The molecule has 0 unspecified atom stereocenters. The number of aryl methyl sites for hydroxylation is 1. The first-order valence-corrected chi connectivity index (χ1v) is 10.1. The van der Waals surface area contributed by atoms with Gasteiger partial charge in [0.05, 0.1) is 17.5 Å². The Morgan fingerprint density at radius 3 is 2.38 bits per heavy atom. The Labute approximate surface area is 153 Å². The Hall–Kier alpha value is -2.18. The standard InChI is InChI=1S/C20H21NO4S/c1-14-3-6-17(7-4-14)26(23,24)21-12-9-15-13-16(25-2)5-8-18(15)19(22)20(21)10-11-20/h3-8,13H,9-12H2,1-2H3. The molecule has 5 nitrogen and oxygen atoms in total. The summed E-state index contributed by atoms with van der Waals surface area (Å²) in [5, 5.41) is 0. The minimum absolute atomic E-state index is 0.0941. The molecular weight excluding hydrogens is 350 g/mol. The molecule has 0 N–H and O–H groups in total. The maximum absolute atomic E-state index is 13.3. The topological polar surface area (TPSA) is 63.7 Å². The van der Waals surface area contributed by atoms with Gasteiger partial charge in [0.15, 0.2) is 5.78 Å². The molecule has 2 aliphatic rings. The average molecular weight is 371 g/mol. The van der Waals surface area contributed by atoms with E-state index in [4.69, 9.17) is 4.74 Å². The van der Waals surface area contributed by atoms with Crippen molar-refractivity contribution in [3.05, 3.63) is 59.2 Å². The summed E-state index contributed by atoms with van der Waals surface area (Å²) in [5.74, 6) is 0.583. The fourth-order valence-corrected chi connectivity index (χ4v) is 5.50. The van der Waals surface area contributed by atoms with E-state index in [0.29, 0.717) is 37.1 Å². The molecule has 136 valence electrons. The smallest absolute Gasteiger partial charge is 0.244 e. The molecule has 1 spiro atoms. The summed E-state index contributed by atoms with van der Waals surface area (Å²) in [5.41, 5.74) is 1.53. The molecule has 26 heavy (non-hydrogen) atoms. The molecule has 0 aromatic heterocycles. The highest BCUT2D eigenvalue weighted by atomic mass is 32.2. The molecule has 0 saturated heterocycles. The number of fused-ring (bicyclic) bond motifs is 1. The normalized spacial score (nSPS) is 19.1. The summed E-state index contributed by atoms with van der Waals surface area (Å²) in [6.45, 7) is 2.21. The molecule has 0 bridgehead atoms. The lowest BCUT2D eigenvalue weighted by molar-refractivity contribution is 0.0880. The van der Waals surface area contributed by atoms with Crippen molar-refractivity contribution in [2.75, 3.05) is 13.7 Å². The van der Waals surface area contributed by atoms with Gasteiger partial charge in [0.25, 0.3) is 0 Å². The van der Waals surface area contributed by atoms with Gasteiger partial charge in [-0.25, -0.2) is 8.42 Å². The van der Waals surface area contributed by atoms with Crippen LogP contribution in [0.1, 0.15) is 34.3 Å². The van der Waals surface area contributed by atoms with Gasteiger partial charge >= 0.3 is 0 Å². The van der Waals surface area contributed by atoms with Crippen LogP contribution >= 0.6 is 0 Å². The summed E-state index contributed by atoms with van der Waals surface area (Å²) in [6.07, 6.45) is 1.63. The number of sulfonamides is 1. The third-order valence-electron chi connectivity index (χ3n) is 5.37. The number of ketones is 1. The van der Waals surface area contributed by atoms with Gasteiger partial charge in [-0.2, -0.15) is 4.31 Å². The van der Waals surface area contributed by atoms with E-state index < -0.39 is 15.6 Å². The average Bonchev–Trinajstić information content (AvgIpc) is 3.43. The number of carbonyl (C=O) groups excluding carboxylic acids is 1. The molecule has 1 saturated carbocycles. The second-order valence-electron chi connectivity index (χ2n) is 7.02. The van der Waals surface area contributed by atoms with E-state index in [1.54, 1.807) is 43.5 Å². The van der Waals surface area contributed by atoms with Crippen LogP contribution in [0.25, 0.3) is 0 Å². The van der Waals surface area contributed by atoms with Crippen molar-refractivity contribution in [2.45, 2.75) is 36.6 Å². The van der Waals surface area contributed by atoms with E-state index in [2.05, 4.69) is 0 Å². The van der Waals surface area contributed by atoms with Crippen LogP contribution in [0, 0.1) is 6.92 Å². The highest BCUT2D eigenvalue weighted by molar-refractivity contribution is 7.89. The van der Waals surface area contributed by atoms with Crippen molar-refractivity contribution in [3.63, 3.8) is 0 Å². The number of ether oxygens (including phenoxy) is 1. The van der Waals surface area contributed by atoms with Gasteiger partial charge in [0, 0.05) is 12.1 Å². The summed E-state index contributed by atoms with van der Waals surface area (Å²) >= 11 is 0. The van der Waals surface area contributed by atoms with Crippen molar-refractivity contribution in [1.29, 1.82) is 0 Å². The first-order valence-electron chi connectivity index (χ1n) is 8.70. The van der Waals surface area contributed by atoms with Crippen LogP contribution in [-0.4, -0.2) is 37.7 Å². The van der Waals surface area contributed by atoms with E-state index in [-0.39, 0.29) is 10.7 Å². The number of rotatable bonds is 3. The van der Waals surface area contributed by atoms with E-state index in [0.717, 1.165) is 11.1 Å². The number of benzene rings is 2. The fraction of sp³-hybridized carbons (Fsp3) is 0.350. The maximum Gasteiger partial charge on any atom is 0.244 e. The Balaban J connectivity index is 1.78. The number of hydrogen-bond acceptors (Lipinski definition) is 4. The molecule has 1 fully saturated rings. The second kappa shape index (κ2) is 5.93. The summed E-state index contributed by atoms with van der Waals surface area (Å²) in [4.78, 5) is 13.5. The number of carbonyl (C=O) groups is 1. The van der Waals surface area contributed by atoms with Crippen LogP contribution in [0.15, 0.2) is 47.4 Å². The van der Waals surface area contributed by atoms with Gasteiger partial charge in [0.2, 0.25) is 10.0 Å². The zero-order valence-corrected chi connectivity index (χ0v) is 15.7.